The zero-order valence-corrected chi connectivity index (χ0v) is 13.6. The normalized spacial score (nSPS) is 16.8. The van der Waals surface area contributed by atoms with Gasteiger partial charge in [0, 0.05) is 30.1 Å². The molecule has 1 aliphatic heterocycles. The van der Waals surface area contributed by atoms with Gasteiger partial charge in [-0.25, -0.2) is 9.67 Å². The first-order valence-electron chi connectivity index (χ1n) is 8.10. The molecule has 0 radical (unpaired) electrons. The number of nitrogens with one attached hydrogen (secondary N) is 2. The molecule has 0 spiro atoms. The molecule has 0 amide bonds. The van der Waals surface area contributed by atoms with Crippen molar-refractivity contribution in [2.75, 3.05) is 7.11 Å². The molecule has 124 valence electrons. The Labute approximate surface area is 140 Å². The number of aromatic amines is 1. The highest BCUT2D eigenvalue weighted by molar-refractivity contribution is 5.63. The Hall–Kier alpha value is -2.67. The number of methoxy groups -OCH3 is 1. The van der Waals surface area contributed by atoms with Gasteiger partial charge in [-0.3, -0.25) is 5.10 Å². The van der Waals surface area contributed by atoms with E-state index in [1.807, 2.05) is 35.1 Å². The molecule has 7 nitrogen and oxygen atoms in total. The number of fused-ring (bicyclic) bond motifs is 1. The number of aryl methyl sites for hydroxylation is 1. The average Bonchev–Trinajstić information content (AvgIpc) is 3.28. The van der Waals surface area contributed by atoms with Crippen molar-refractivity contribution >= 4 is 0 Å². The van der Waals surface area contributed by atoms with Crippen LogP contribution in [-0.2, 0) is 19.5 Å². The summed E-state index contributed by atoms with van der Waals surface area (Å²) in [6.45, 7) is 1.64. The van der Waals surface area contributed by atoms with Gasteiger partial charge in [0.05, 0.1) is 25.5 Å². The van der Waals surface area contributed by atoms with Gasteiger partial charge >= 0.3 is 0 Å². The van der Waals surface area contributed by atoms with E-state index in [0.29, 0.717) is 6.04 Å². The monoisotopic (exact) mass is 324 g/mol. The molecule has 0 saturated carbocycles. The number of ether oxygens (including phenoxy) is 1. The molecule has 7 heteroatoms. The van der Waals surface area contributed by atoms with Gasteiger partial charge in [-0.15, -0.1) is 0 Å². The standard InChI is InChI=1S/C17H20N6O/c1-24-15-5-2-12(3-6-15)17-13(9-20-22-17)8-18-14-4-7-16-19-11-21-23(16)10-14/h2-3,5-6,9,11,14,18H,4,7-8,10H2,1H3,(H,20,22)/t14-/m1/s1. The van der Waals surface area contributed by atoms with E-state index < -0.39 is 0 Å². The summed E-state index contributed by atoms with van der Waals surface area (Å²) in [7, 11) is 1.67. The molecule has 4 rings (SSSR count). The third kappa shape index (κ3) is 2.90. The molecule has 0 saturated heterocycles. The number of hydrogen-bond acceptors (Lipinski definition) is 5. The smallest absolute Gasteiger partial charge is 0.138 e. The average molecular weight is 324 g/mol. The molecule has 2 aromatic heterocycles. The number of H-pyrrole nitrogens is 1. The van der Waals surface area contributed by atoms with E-state index >= 15 is 0 Å². The van der Waals surface area contributed by atoms with E-state index in [4.69, 9.17) is 4.74 Å². The molecule has 0 unspecified atom stereocenters. The van der Waals surface area contributed by atoms with E-state index in [2.05, 4.69) is 25.6 Å². The van der Waals surface area contributed by atoms with Crippen molar-refractivity contribution in [1.29, 1.82) is 0 Å². The molecular formula is C17H20N6O. The van der Waals surface area contributed by atoms with Crippen LogP contribution in [-0.4, -0.2) is 38.1 Å². The molecule has 3 aromatic rings. The van der Waals surface area contributed by atoms with Crippen molar-refractivity contribution in [2.24, 2.45) is 0 Å². The molecule has 0 fully saturated rings. The van der Waals surface area contributed by atoms with Crippen molar-refractivity contribution in [3.63, 3.8) is 0 Å². The molecule has 0 aliphatic carbocycles. The Bertz CT molecular complexity index is 807. The first kappa shape index (κ1) is 14.9. The third-order valence-corrected chi connectivity index (χ3v) is 4.48. The van der Waals surface area contributed by atoms with E-state index in [0.717, 1.165) is 54.3 Å². The van der Waals surface area contributed by atoms with Gasteiger partial charge in [-0.05, 0) is 30.7 Å². The second-order valence-corrected chi connectivity index (χ2v) is 5.97. The number of nitrogens with zero attached hydrogens (tertiary/aromatic N) is 4. The van der Waals surface area contributed by atoms with Crippen LogP contribution in [0.15, 0.2) is 36.8 Å². The Morgan fingerprint density at radius 3 is 3.04 bits per heavy atom. The maximum absolute atomic E-state index is 5.21. The van der Waals surface area contributed by atoms with Crippen LogP contribution in [0.25, 0.3) is 11.3 Å². The third-order valence-electron chi connectivity index (χ3n) is 4.48. The Morgan fingerprint density at radius 2 is 2.21 bits per heavy atom. The summed E-state index contributed by atoms with van der Waals surface area (Å²) in [4.78, 5) is 4.27. The molecule has 1 aromatic carbocycles. The minimum absolute atomic E-state index is 0.401. The van der Waals surface area contributed by atoms with E-state index in [9.17, 15) is 0 Å². The summed E-state index contributed by atoms with van der Waals surface area (Å²) in [5, 5.41) is 15.2. The molecule has 24 heavy (non-hydrogen) atoms. The Balaban J connectivity index is 1.43. The van der Waals surface area contributed by atoms with Crippen molar-refractivity contribution in [3.05, 3.63) is 48.2 Å². The van der Waals surface area contributed by atoms with Gasteiger partial charge in [0.2, 0.25) is 0 Å². The lowest BCUT2D eigenvalue weighted by Gasteiger charge is -2.23. The van der Waals surface area contributed by atoms with Crippen molar-refractivity contribution in [2.45, 2.75) is 32.0 Å². The second kappa shape index (κ2) is 6.45. The summed E-state index contributed by atoms with van der Waals surface area (Å²) in [6.07, 6.45) is 5.56. The number of benzene rings is 1. The number of rotatable bonds is 5. The van der Waals surface area contributed by atoms with Crippen LogP contribution >= 0.6 is 0 Å². The lowest BCUT2D eigenvalue weighted by molar-refractivity contribution is 0.358. The van der Waals surface area contributed by atoms with Crippen LogP contribution in [0.1, 0.15) is 17.8 Å². The topological polar surface area (TPSA) is 80.7 Å². The van der Waals surface area contributed by atoms with Crippen molar-refractivity contribution < 1.29 is 4.74 Å². The van der Waals surface area contributed by atoms with Gasteiger partial charge in [-0.1, -0.05) is 0 Å². The highest BCUT2D eigenvalue weighted by atomic mass is 16.5. The molecule has 1 aliphatic rings. The lowest BCUT2D eigenvalue weighted by atomic mass is 10.1. The van der Waals surface area contributed by atoms with Crippen LogP contribution in [0, 0.1) is 0 Å². The van der Waals surface area contributed by atoms with Crippen molar-refractivity contribution in [3.8, 4) is 17.0 Å². The minimum atomic E-state index is 0.401. The highest BCUT2D eigenvalue weighted by Crippen LogP contribution is 2.24. The predicted octanol–water partition coefficient (Wildman–Crippen LogP) is 1.78. The number of aromatic nitrogens is 5. The van der Waals surface area contributed by atoms with E-state index in [1.165, 1.54) is 0 Å². The maximum Gasteiger partial charge on any atom is 0.138 e. The second-order valence-electron chi connectivity index (χ2n) is 5.97. The number of hydrogen-bond donors (Lipinski definition) is 2. The van der Waals surface area contributed by atoms with Crippen LogP contribution in [0.5, 0.6) is 5.75 Å². The summed E-state index contributed by atoms with van der Waals surface area (Å²) >= 11 is 0. The van der Waals surface area contributed by atoms with Gasteiger partial charge in [-0.2, -0.15) is 10.2 Å². The SMILES string of the molecule is COc1ccc(-c2[nH]ncc2CN[C@@H]2CCc3ncnn3C2)cc1. The van der Waals surface area contributed by atoms with Crippen molar-refractivity contribution in [1.82, 2.24) is 30.3 Å². The van der Waals surface area contributed by atoms with Gasteiger partial charge in [0.25, 0.3) is 0 Å². The quantitative estimate of drug-likeness (QED) is 0.748. The zero-order chi connectivity index (χ0) is 16.4. The fraction of sp³-hybridized carbons (Fsp3) is 0.353. The largest absolute Gasteiger partial charge is 0.497 e. The summed E-state index contributed by atoms with van der Waals surface area (Å²) in [5.74, 6) is 1.93. The van der Waals surface area contributed by atoms with Crippen LogP contribution < -0.4 is 10.1 Å². The minimum Gasteiger partial charge on any atom is -0.497 e. The first-order valence-corrected chi connectivity index (χ1v) is 8.10. The van der Waals surface area contributed by atoms with E-state index in [-0.39, 0.29) is 0 Å². The maximum atomic E-state index is 5.21. The predicted molar refractivity (Wildman–Crippen MR) is 89.5 cm³/mol. The summed E-state index contributed by atoms with van der Waals surface area (Å²) in [6, 6.07) is 8.40. The van der Waals surface area contributed by atoms with Crippen LogP contribution in [0.3, 0.4) is 0 Å². The Kier molecular flexibility index (Phi) is 4.00. The zero-order valence-electron chi connectivity index (χ0n) is 13.6. The van der Waals surface area contributed by atoms with E-state index in [1.54, 1.807) is 13.4 Å². The molecule has 0 bridgehead atoms. The van der Waals surface area contributed by atoms with Crippen LogP contribution in [0.2, 0.25) is 0 Å². The van der Waals surface area contributed by atoms with Gasteiger partial charge in [0.1, 0.15) is 17.9 Å². The lowest BCUT2D eigenvalue weighted by Crippen LogP contribution is -2.37. The molecule has 2 N–H and O–H groups in total. The summed E-state index contributed by atoms with van der Waals surface area (Å²) < 4.78 is 7.20. The highest BCUT2D eigenvalue weighted by Gasteiger charge is 2.19. The van der Waals surface area contributed by atoms with Crippen LogP contribution in [0.4, 0.5) is 0 Å². The molecule has 3 heterocycles. The molecular weight excluding hydrogens is 304 g/mol. The fourth-order valence-electron chi connectivity index (χ4n) is 3.11. The van der Waals surface area contributed by atoms with Gasteiger partial charge in [0.15, 0.2) is 0 Å². The Morgan fingerprint density at radius 1 is 1.33 bits per heavy atom. The first-order chi connectivity index (χ1) is 11.8. The summed E-state index contributed by atoms with van der Waals surface area (Å²) in [5.41, 5.74) is 3.30. The fourth-order valence-corrected chi connectivity index (χ4v) is 3.11. The van der Waals surface area contributed by atoms with Gasteiger partial charge < -0.3 is 10.1 Å². The molecule has 1 atom stereocenters.